The van der Waals surface area contributed by atoms with E-state index in [2.05, 4.69) is 10.4 Å². The third-order valence-corrected chi connectivity index (χ3v) is 6.53. The van der Waals surface area contributed by atoms with Crippen molar-refractivity contribution >= 4 is 45.1 Å². The summed E-state index contributed by atoms with van der Waals surface area (Å²) in [5, 5.41) is 8.40. The van der Waals surface area contributed by atoms with E-state index in [0.717, 1.165) is 40.3 Å². The van der Waals surface area contributed by atoms with Gasteiger partial charge in [-0.25, -0.2) is 4.79 Å². The van der Waals surface area contributed by atoms with Gasteiger partial charge < -0.3 is 19.5 Å². The molecule has 2 aromatic carbocycles. The maximum Gasteiger partial charge on any atom is 0.416 e. The first-order valence-corrected chi connectivity index (χ1v) is 12.6. The van der Waals surface area contributed by atoms with Gasteiger partial charge in [0.25, 0.3) is 5.56 Å². The molecule has 40 heavy (non-hydrogen) atoms. The number of ether oxygens (including phenoxy) is 3. The zero-order valence-electron chi connectivity index (χ0n) is 21.4. The molecule has 0 unspecified atom stereocenters. The van der Waals surface area contributed by atoms with Gasteiger partial charge in [0.2, 0.25) is 5.91 Å². The molecule has 4 rings (SSSR count). The van der Waals surface area contributed by atoms with E-state index in [9.17, 15) is 27.6 Å². The third-order valence-electron chi connectivity index (χ3n) is 5.63. The minimum atomic E-state index is -4.58. The minimum Gasteiger partial charge on any atom is -0.493 e. The number of anilines is 1. The Bertz CT molecular complexity index is 1660. The van der Waals surface area contributed by atoms with Crippen molar-refractivity contribution in [2.45, 2.75) is 13.1 Å². The Labute approximate surface area is 229 Å². The summed E-state index contributed by atoms with van der Waals surface area (Å²) >= 11 is 0.985. The molecule has 0 aliphatic heterocycles. The molecule has 0 bridgehead atoms. The first kappa shape index (κ1) is 28.4. The van der Waals surface area contributed by atoms with E-state index in [1.807, 2.05) is 0 Å². The number of nitrogens with zero attached hydrogens (tertiary/aromatic N) is 2. The van der Waals surface area contributed by atoms with Crippen LogP contribution in [0.2, 0.25) is 0 Å². The monoisotopic (exact) mass is 573 g/mol. The van der Waals surface area contributed by atoms with Gasteiger partial charge in [-0.05, 0) is 55.0 Å². The van der Waals surface area contributed by atoms with Gasteiger partial charge in [0, 0.05) is 16.8 Å². The standard InChI is InChI=1S/C27H22F3N3O6S/c1-4-39-26(36)23-18-14-40-24(31-21(34)12-6-15-5-11-19(37-2)20(13-15)38-3)22(18)25(35)33(32-23)17-9-7-16(8-10-17)27(28,29)30/h5-14H,4H2,1-3H3,(H,31,34)/b12-6+. The van der Waals surface area contributed by atoms with E-state index in [1.165, 1.54) is 31.8 Å². The fraction of sp³-hybridized carbons (Fsp3) is 0.185. The van der Waals surface area contributed by atoms with Crippen molar-refractivity contribution in [1.82, 2.24) is 9.78 Å². The summed E-state index contributed by atoms with van der Waals surface area (Å²) in [7, 11) is 2.98. The molecular weight excluding hydrogens is 551 g/mol. The summed E-state index contributed by atoms with van der Waals surface area (Å²) in [6.45, 7) is 1.61. The van der Waals surface area contributed by atoms with Crippen LogP contribution in [-0.2, 0) is 15.7 Å². The lowest BCUT2D eigenvalue weighted by Crippen LogP contribution is -2.25. The van der Waals surface area contributed by atoms with Gasteiger partial charge >= 0.3 is 12.1 Å². The van der Waals surface area contributed by atoms with Gasteiger partial charge in [0.05, 0.1) is 37.5 Å². The van der Waals surface area contributed by atoms with Crippen LogP contribution in [0.25, 0.3) is 22.5 Å². The highest BCUT2D eigenvalue weighted by molar-refractivity contribution is 7.16. The molecule has 0 aliphatic rings. The molecule has 1 amide bonds. The average Bonchev–Trinajstić information content (AvgIpc) is 3.35. The van der Waals surface area contributed by atoms with Gasteiger partial charge in [-0.15, -0.1) is 11.3 Å². The molecule has 208 valence electrons. The smallest absolute Gasteiger partial charge is 0.416 e. The summed E-state index contributed by atoms with van der Waals surface area (Å²) < 4.78 is 55.4. The number of rotatable bonds is 8. The van der Waals surface area contributed by atoms with Crippen LogP contribution in [0.3, 0.4) is 0 Å². The number of carbonyl (C=O) groups excluding carboxylic acids is 2. The summed E-state index contributed by atoms with van der Waals surface area (Å²) in [5.74, 6) is -0.424. The van der Waals surface area contributed by atoms with Crippen molar-refractivity contribution < 1.29 is 37.0 Å². The Kier molecular flexibility index (Phi) is 8.24. The predicted molar refractivity (Wildman–Crippen MR) is 143 cm³/mol. The van der Waals surface area contributed by atoms with Crippen LogP contribution >= 0.6 is 11.3 Å². The molecule has 4 aromatic rings. The molecule has 9 nitrogen and oxygen atoms in total. The number of esters is 1. The van der Waals surface area contributed by atoms with Gasteiger partial charge in [0.15, 0.2) is 17.2 Å². The van der Waals surface area contributed by atoms with Crippen molar-refractivity contribution in [2.75, 3.05) is 26.1 Å². The zero-order valence-corrected chi connectivity index (χ0v) is 22.2. The fourth-order valence-electron chi connectivity index (χ4n) is 3.74. The largest absolute Gasteiger partial charge is 0.493 e. The molecule has 2 heterocycles. The number of nitrogens with one attached hydrogen (secondary N) is 1. The van der Waals surface area contributed by atoms with E-state index in [-0.39, 0.29) is 33.8 Å². The molecule has 0 spiro atoms. The predicted octanol–water partition coefficient (Wildman–Crippen LogP) is 5.31. The van der Waals surface area contributed by atoms with Crippen LogP contribution in [0.15, 0.2) is 58.7 Å². The van der Waals surface area contributed by atoms with Crippen molar-refractivity contribution in [1.29, 1.82) is 0 Å². The molecule has 0 fully saturated rings. The van der Waals surface area contributed by atoms with Crippen LogP contribution in [0, 0.1) is 0 Å². The fourth-order valence-corrected chi connectivity index (χ4v) is 4.68. The maximum absolute atomic E-state index is 13.5. The Balaban J connectivity index is 1.73. The van der Waals surface area contributed by atoms with E-state index < -0.39 is 29.2 Å². The number of aromatic nitrogens is 2. The van der Waals surface area contributed by atoms with E-state index in [1.54, 1.807) is 25.1 Å². The van der Waals surface area contributed by atoms with Gasteiger partial charge in [-0.2, -0.15) is 23.0 Å². The lowest BCUT2D eigenvalue weighted by atomic mass is 10.2. The molecule has 13 heteroatoms. The number of hydrogen-bond donors (Lipinski definition) is 1. The van der Waals surface area contributed by atoms with Crippen LogP contribution < -0.4 is 20.3 Å². The lowest BCUT2D eigenvalue weighted by Gasteiger charge is -2.11. The van der Waals surface area contributed by atoms with E-state index in [0.29, 0.717) is 17.1 Å². The number of fused-ring (bicyclic) bond motifs is 1. The lowest BCUT2D eigenvalue weighted by molar-refractivity contribution is -0.137. The van der Waals surface area contributed by atoms with E-state index >= 15 is 0 Å². The summed E-state index contributed by atoms with van der Waals surface area (Å²) in [6.07, 6.45) is -1.81. The number of alkyl halides is 3. The molecule has 0 radical (unpaired) electrons. The maximum atomic E-state index is 13.5. The number of benzene rings is 2. The summed E-state index contributed by atoms with van der Waals surface area (Å²) in [6, 6.07) is 8.79. The van der Waals surface area contributed by atoms with Gasteiger partial charge in [0.1, 0.15) is 5.00 Å². The Hall–Kier alpha value is -4.65. The SMILES string of the molecule is CCOC(=O)c1nn(-c2ccc(C(F)(F)F)cc2)c(=O)c2c(NC(=O)/C=C/c3ccc(OC)c(OC)c3)scc12. The Morgan fingerprint density at radius 2 is 1.77 bits per heavy atom. The number of halogens is 3. The van der Waals surface area contributed by atoms with Gasteiger partial charge in [-0.3, -0.25) is 9.59 Å². The summed E-state index contributed by atoms with van der Waals surface area (Å²) in [4.78, 5) is 38.9. The Morgan fingerprint density at radius 1 is 1.07 bits per heavy atom. The molecule has 2 aromatic heterocycles. The summed E-state index contributed by atoms with van der Waals surface area (Å²) in [5.41, 5.74) is -1.26. The first-order chi connectivity index (χ1) is 19.1. The number of thiophene rings is 1. The van der Waals surface area contributed by atoms with Gasteiger partial charge in [-0.1, -0.05) is 6.07 Å². The highest BCUT2D eigenvalue weighted by Crippen LogP contribution is 2.32. The molecule has 0 saturated heterocycles. The van der Waals surface area contributed by atoms with Crippen molar-refractivity contribution in [2.24, 2.45) is 0 Å². The normalized spacial score (nSPS) is 11.6. The second kappa shape index (κ2) is 11.6. The van der Waals surface area contributed by atoms with Crippen LogP contribution in [-0.4, -0.2) is 42.5 Å². The number of amides is 1. The second-order valence-corrected chi connectivity index (χ2v) is 9.00. The van der Waals surface area contributed by atoms with Crippen molar-refractivity contribution in [3.05, 3.63) is 81.1 Å². The molecule has 0 aliphatic carbocycles. The average molecular weight is 574 g/mol. The third kappa shape index (κ3) is 5.83. The van der Waals surface area contributed by atoms with Crippen LogP contribution in [0.5, 0.6) is 11.5 Å². The molecule has 0 saturated carbocycles. The zero-order chi connectivity index (χ0) is 29.0. The first-order valence-electron chi connectivity index (χ1n) is 11.7. The van der Waals surface area contributed by atoms with Crippen LogP contribution in [0.4, 0.5) is 18.2 Å². The second-order valence-electron chi connectivity index (χ2n) is 8.12. The Morgan fingerprint density at radius 3 is 2.40 bits per heavy atom. The number of methoxy groups -OCH3 is 2. The van der Waals surface area contributed by atoms with E-state index in [4.69, 9.17) is 14.2 Å². The number of carbonyl (C=O) groups is 2. The molecule has 1 N–H and O–H groups in total. The van der Waals surface area contributed by atoms with Crippen molar-refractivity contribution in [3.8, 4) is 17.2 Å². The highest BCUT2D eigenvalue weighted by atomic mass is 32.1. The van der Waals surface area contributed by atoms with Crippen molar-refractivity contribution in [3.63, 3.8) is 0 Å². The molecule has 0 atom stereocenters. The highest BCUT2D eigenvalue weighted by Gasteiger charge is 2.30. The molecular formula is C27H22F3N3O6S. The quantitative estimate of drug-likeness (QED) is 0.225. The topological polar surface area (TPSA) is 109 Å². The minimum absolute atomic E-state index is 0.0118. The van der Waals surface area contributed by atoms with Crippen LogP contribution in [0.1, 0.15) is 28.5 Å². The number of hydrogen-bond acceptors (Lipinski definition) is 8.